The fourth-order valence-corrected chi connectivity index (χ4v) is 5.13. The fourth-order valence-electron chi connectivity index (χ4n) is 3.65. The van der Waals surface area contributed by atoms with Crippen LogP contribution < -0.4 is 4.74 Å². The molecule has 2 aromatic carbocycles. The van der Waals surface area contributed by atoms with Crippen LogP contribution in [0, 0.1) is 0 Å². The number of benzene rings is 2. The summed E-state index contributed by atoms with van der Waals surface area (Å²) in [5, 5.41) is 2.09. The summed E-state index contributed by atoms with van der Waals surface area (Å²) in [6.45, 7) is 7.44. The Kier molecular flexibility index (Phi) is 6.60. The molecule has 0 saturated carbocycles. The first-order chi connectivity index (χ1) is 13.3. The van der Waals surface area contributed by atoms with Crippen LogP contribution in [-0.4, -0.2) is 56.0 Å². The van der Waals surface area contributed by atoms with Crippen LogP contribution in [0.5, 0.6) is 5.75 Å². The van der Waals surface area contributed by atoms with Gasteiger partial charge in [-0.2, -0.15) is 17.0 Å². The third kappa shape index (κ3) is 4.49. The van der Waals surface area contributed by atoms with Crippen LogP contribution in [0.15, 0.2) is 36.4 Å². The summed E-state index contributed by atoms with van der Waals surface area (Å²) >= 11 is 0. The highest BCUT2D eigenvalue weighted by Crippen LogP contribution is 2.30. The summed E-state index contributed by atoms with van der Waals surface area (Å²) in [7, 11) is -1.97. The lowest BCUT2D eigenvalue weighted by Crippen LogP contribution is -2.52. The predicted octanol–water partition coefficient (Wildman–Crippen LogP) is 3.41. The molecule has 0 radical (unpaired) electrons. The van der Waals surface area contributed by atoms with E-state index in [0.717, 1.165) is 28.5 Å². The molecule has 6 nitrogen and oxygen atoms in total. The molecule has 1 aliphatic rings. The third-order valence-corrected chi connectivity index (χ3v) is 6.81. The van der Waals surface area contributed by atoms with Gasteiger partial charge in [0, 0.05) is 32.2 Å². The number of rotatable bonds is 7. The summed E-state index contributed by atoms with van der Waals surface area (Å²) in [6, 6.07) is 12.0. The van der Waals surface area contributed by atoms with E-state index in [0.29, 0.717) is 19.7 Å². The predicted molar refractivity (Wildman–Crippen MR) is 112 cm³/mol. The lowest BCUT2D eigenvalue weighted by atomic mass is 10.0. The van der Waals surface area contributed by atoms with Gasteiger partial charge in [0.05, 0.1) is 18.8 Å². The van der Waals surface area contributed by atoms with Crippen LogP contribution in [0.2, 0.25) is 0 Å². The Morgan fingerprint density at radius 1 is 1.14 bits per heavy atom. The van der Waals surface area contributed by atoms with Gasteiger partial charge in [0.2, 0.25) is 0 Å². The van der Waals surface area contributed by atoms with E-state index in [-0.39, 0.29) is 18.8 Å². The molecular formula is C21H30N2O4S. The van der Waals surface area contributed by atoms with Crippen molar-refractivity contribution < 1.29 is 17.9 Å². The van der Waals surface area contributed by atoms with Crippen LogP contribution in [0.3, 0.4) is 0 Å². The van der Waals surface area contributed by atoms with E-state index < -0.39 is 10.2 Å². The molecule has 0 aromatic heterocycles. The maximum atomic E-state index is 13.2. The minimum absolute atomic E-state index is 0.118. The van der Waals surface area contributed by atoms with Gasteiger partial charge in [0.15, 0.2) is 0 Å². The molecule has 2 aromatic rings. The molecule has 0 spiro atoms. The molecule has 1 fully saturated rings. The van der Waals surface area contributed by atoms with E-state index in [2.05, 4.69) is 6.92 Å². The van der Waals surface area contributed by atoms with E-state index in [4.69, 9.17) is 9.47 Å². The summed E-state index contributed by atoms with van der Waals surface area (Å²) in [4.78, 5) is 0. The van der Waals surface area contributed by atoms with Gasteiger partial charge < -0.3 is 9.47 Å². The Morgan fingerprint density at radius 2 is 1.82 bits per heavy atom. The zero-order valence-corrected chi connectivity index (χ0v) is 17.9. The van der Waals surface area contributed by atoms with Crippen molar-refractivity contribution >= 4 is 21.0 Å². The lowest BCUT2D eigenvalue weighted by Gasteiger charge is -2.36. The minimum atomic E-state index is -3.60. The standard InChI is InChI=1S/C21H30N2O4S/c1-5-12-26-21-11-10-18-8-6-7-9-19(18)20(21)15-22(4)28(24,25)23-13-16(2)27-17(3)14-23/h6-11,16-17H,5,12-15H2,1-4H3/t16-,17+. The molecule has 3 rings (SSSR count). The van der Waals surface area contributed by atoms with Gasteiger partial charge in [-0.05, 0) is 37.1 Å². The maximum absolute atomic E-state index is 13.2. The Hall–Kier alpha value is -1.67. The molecule has 154 valence electrons. The van der Waals surface area contributed by atoms with Crippen LogP contribution in [0.4, 0.5) is 0 Å². The van der Waals surface area contributed by atoms with Crippen molar-refractivity contribution in [2.75, 3.05) is 26.7 Å². The molecule has 0 unspecified atom stereocenters. The molecule has 1 aliphatic heterocycles. The highest BCUT2D eigenvalue weighted by atomic mass is 32.2. The van der Waals surface area contributed by atoms with Crippen molar-refractivity contribution in [1.29, 1.82) is 0 Å². The number of morpholine rings is 1. The average Bonchev–Trinajstić information content (AvgIpc) is 2.66. The Bertz CT molecular complexity index is 906. The van der Waals surface area contributed by atoms with Gasteiger partial charge in [0.1, 0.15) is 5.75 Å². The Morgan fingerprint density at radius 3 is 2.50 bits per heavy atom. The van der Waals surface area contributed by atoms with Gasteiger partial charge >= 0.3 is 0 Å². The quantitative estimate of drug-likeness (QED) is 0.707. The lowest BCUT2D eigenvalue weighted by molar-refractivity contribution is -0.0453. The van der Waals surface area contributed by atoms with Crippen LogP contribution in [0.1, 0.15) is 32.8 Å². The highest BCUT2D eigenvalue weighted by molar-refractivity contribution is 7.86. The zero-order chi connectivity index (χ0) is 20.3. The first-order valence-electron chi connectivity index (χ1n) is 9.83. The molecule has 2 atom stereocenters. The second-order valence-electron chi connectivity index (χ2n) is 7.45. The molecule has 1 heterocycles. The molecule has 0 aliphatic carbocycles. The minimum Gasteiger partial charge on any atom is -0.493 e. The smallest absolute Gasteiger partial charge is 0.282 e. The van der Waals surface area contributed by atoms with E-state index in [1.54, 1.807) is 7.05 Å². The summed E-state index contributed by atoms with van der Waals surface area (Å²) in [6.07, 6.45) is 0.658. The van der Waals surface area contributed by atoms with Gasteiger partial charge in [-0.25, -0.2) is 0 Å². The molecule has 0 amide bonds. The van der Waals surface area contributed by atoms with Crippen molar-refractivity contribution in [3.63, 3.8) is 0 Å². The Labute approximate surface area is 168 Å². The number of hydrogen-bond donors (Lipinski definition) is 0. The first kappa shape index (κ1) is 21.0. The molecule has 1 saturated heterocycles. The van der Waals surface area contributed by atoms with Crippen molar-refractivity contribution in [2.24, 2.45) is 0 Å². The Balaban J connectivity index is 1.92. The number of hydrogen-bond acceptors (Lipinski definition) is 4. The highest BCUT2D eigenvalue weighted by Gasteiger charge is 2.34. The van der Waals surface area contributed by atoms with Crippen LogP contribution in [0.25, 0.3) is 10.8 Å². The van der Waals surface area contributed by atoms with Gasteiger partial charge in [-0.1, -0.05) is 37.3 Å². The van der Waals surface area contributed by atoms with Crippen LogP contribution >= 0.6 is 0 Å². The summed E-state index contributed by atoms with van der Waals surface area (Å²) in [5.41, 5.74) is 0.895. The average molecular weight is 407 g/mol. The fraction of sp³-hybridized carbons (Fsp3) is 0.524. The maximum Gasteiger partial charge on any atom is 0.282 e. The third-order valence-electron chi connectivity index (χ3n) is 4.95. The van der Waals surface area contributed by atoms with E-state index in [1.807, 2.05) is 50.2 Å². The van der Waals surface area contributed by atoms with Gasteiger partial charge in [0.25, 0.3) is 10.2 Å². The summed E-state index contributed by atoms with van der Waals surface area (Å²) in [5.74, 6) is 0.742. The molecule has 0 bridgehead atoms. The molecule has 28 heavy (non-hydrogen) atoms. The van der Waals surface area contributed by atoms with E-state index in [9.17, 15) is 8.42 Å². The van der Waals surface area contributed by atoms with Crippen molar-refractivity contribution in [3.05, 3.63) is 42.0 Å². The molecule has 7 heteroatoms. The molecule has 0 N–H and O–H groups in total. The SMILES string of the molecule is CCCOc1ccc2ccccc2c1CN(C)S(=O)(=O)N1C[C@@H](C)O[C@@H](C)C1. The van der Waals surface area contributed by atoms with Crippen LogP contribution in [-0.2, 0) is 21.5 Å². The first-order valence-corrected chi connectivity index (χ1v) is 11.2. The van der Waals surface area contributed by atoms with Crippen molar-refractivity contribution in [3.8, 4) is 5.75 Å². The van der Waals surface area contributed by atoms with Gasteiger partial charge in [-0.3, -0.25) is 0 Å². The number of fused-ring (bicyclic) bond motifs is 1. The summed E-state index contributed by atoms with van der Waals surface area (Å²) < 4.78 is 40.9. The zero-order valence-electron chi connectivity index (χ0n) is 17.1. The number of nitrogens with zero attached hydrogens (tertiary/aromatic N) is 2. The van der Waals surface area contributed by atoms with Crippen molar-refractivity contribution in [1.82, 2.24) is 8.61 Å². The molecular weight excluding hydrogens is 376 g/mol. The monoisotopic (exact) mass is 406 g/mol. The normalized spacial score (nSPS) is 21.3. The van der Waals surface area contributed by atoms with E-state index in [1.165, 1.54) is 8.61 Å². The van der Waals surface area contributed by atoms with E-state index >= 15 is 0 Å². The van der Waals surface area contributed by atoms with Crippen molar-refractivity contribution in [2.45, 2.75) is 45.9 Å². The number of ether oxygens (including phenoxy) is 2. The second-order valence-corrected chi connectivity index (χ2v) is 9.49. The van der Waals surface area contributed by atoms with Gasteiger partial charge in [-0.15, -0.1) is 0 Å². The second kappa shape index (κ2) is 8.78. The largest absolute Gasteiger partial charge is 0.493 e. The topological polar surface area (TPSA) is 59.1 Å².